The zero-order valence-electron chi connectivity index (χ0n) is 20.4. The molecule has 1 fully saturated rings. The molecule has 1 saturated heterocycles. The Bertz CT molecular complexity index is 1400. The number of nitrogens with zero attached hydrogens (tertiary/aromatic N) is 3. The number of piperazine rings is 1. The third kappa shape index (κ3) is 4.82. The van der Waals surface area contributed by atoms with E-state index in [2.05, 4.69) is 10.3 Å². The van der Waals surface area contributed by atoms with Crippen LogP contribution in [-0.2, 0) is 17.5 Å². The van der Waals surface area contributed by atoms with Gasteiger partial charge in [0.05, 0.1) is 23.7 Å². The first-order valence-corrected chi connectivity index (χ1v) is 13.4. The zero-order chi connectivity index (χ0) is 26.6. The van der Waals surface area contributed by atoms with Crippen molar-refractivity contribution in [1.29, 1.82) is 0 Å². The van der Waals surface area contributed by atoms with Gasteiger partial charge in [-0.15, -0.1) is 0 Å². The summed E-state index contributed by atoms with van der Waals surface area (Å²) >= 11 is 0. The van der Waals surface area contributed by atoms with Crippen LogP contribution in [0.1, 0.15) is 19.4 Å². The number of halogens is 5. The van der Waals surface area contributed by atoms with Gasteiger partial charge in [-0.25, -0.2) is 13.6 Å². The molecular formula is C25H27F5N4O2S. The van der Waals surface area contributed by atoms with E-state index in [0.29, 0.717) is 13.1 Å². The van der Waals surface area contributed by atoms with E-state index in [4.69, 9.17) is 4.74 Å². The van der Waals surface area contributed by atoms with Crippen molar-refractivity contribution >= 4 is 27.6 Å². The molecule has 1 aromatic heterocycles. The molecule has 5 rings (SSSR count). The van der Waals surface area contributed by atoms with E-state index in [1.54, 1.807) is 0 Å². The number of nitrogens with one attached hydrogen (secondary N) is 1. The van der Waals surface area contributed by atoms with Crippen molar-refractivity contribution in [2.24, 2.45) is 0 Å². The summed E-state index contributed by atoms with van der Waals surface area (Å²) in [6, 6.07) is 5.15. The van der Waals surface area contributed by atoms with Gasteiger partial charge >= 0.3 is 11.9 Å². The van der Waals surface area contributed by atoms with E-state index in [1.165, 1.54) is 17.7 Å². The average molecular weight is 543 g/mol. The number of benzene rings is 2. The molecule has 2 aliphatic heterocycles. The SMILES string of the molecule is CO[C@@H]1Cn2c(=O)nc(N3CC(C)N[C@H](C)C3)c3cc(C(F)(F)F)cc(c32)[SH](c2ccc(F)cc2F)C1. The van der Waals surface area contributed by atoms with Gasteiger partial charge in [0, 0.05) is 59.3 Å². The van der Waals surface area contributed by atoms with Gasteiger partial charge in [-0.1, -0.05) is 0 Å². The highest BCUT2D eigenvalue weighted by molar-refractivity contribution is 8.17. The monoisotopic (exact) mass is 542 g/mol. The number of thiol groups is 1. The van der Waals surface area contributed by atoms with Crippen molar-refractivity contribution in [3.63, 3.8) is 0 Å². The van der Waals surface area contributed by atoms with Gasteiger partial charge in [0.2, 0.25) is 0 Å². The fourth-order valence-electron chi connectivity index (χ4n) is 5.30. The number of rotatable bonds is 3. The first-order valence-electron chi connectivity index (χ1n) is 11.9. The second-order valence-electron chi connectivity index (χ2n) is 9.66. The van der Waals surface area contributed by atoms with E-state index in [9.17, 15) is 22.4 Å². The first-order chi connectivity index (χ1) is 17.5. The molecule has 12 heteroatoms. The maximum absolute atomic E-state index is 15.0. The Kier molecular flexibility index (Phi) is 6.70. The van der Waals surface area contributed by atoms with Crippen LogP contribution in [0.4, 0.5) is 27.8 Å². The van der Waals surface area contributed by atoms with Crippen LogP contribution in [0.2, 0.25) is 0 Å². The van der Waals surface area contributed by atoms with Gasteiger partial charge in [-0.05, 0) is 38.1 Å². The molecular weight excluding hydrogens is 515 g/mol. The van der Waals surface area contributed by atoms with Crippen molar-refractivity contribution in [2.75, 3.05) is 30.9 Å². The standard InChI is InChI=1S/C25H27F5N4O2S/c1-13-9-33(10-14(2)31-13)23-18-6-15(25(28,29)30)7-21-22(18)34(24(35)32-23)11-17(36-3)12-37(21)20-5-4-16(26)8-19(20)27/h4-8,13-14,17,31,37H,9-12H2,1-3H3/t13-,14?,17-/m1/s1. The number of methoxy groups -OCH3 is 1. The number of aromatic nitrogens is 2. The highest BCUT2D eigenvalue weighted by Gasteiger charge is 2.36. The van der Waals surface area contributed by atoms with Gasteiger partial charge < -0.3 is 15.0 Å². The van der Waals surface area contributed by atoms with Gasteiger partial charge in [0.25, 0.3) is 0 Å². The van der Waals surface area contributed by atoms with Crippen LogP contribution >= 0.6 is 10.9 Å². The van der Waals surface area contributed by atoms with Crippen molar-refractivity contribution in [1.82, 2.24) is 14.9 Å². The maximum atomic E-state index is 15.0. The Hall–Kier alpha value is -2.70. The van der Waals surface area contributed by atoms with Crippen molar-refractivity contribution < 1.29 is 26.7 Å². The van der Waals surface area contributed by atoms with Crippen molar-refractivity contribution in [2.45, 2.75) is 54.5 Å². The van der Waals surface area contributed by atoms with E-state index in [1.807, 2.05) is 18.7 Å². The minimum absolute atomic E-state index is 0.0206. The predicted octanol–water partition coefficient (Wildman–Crippen LogP) is 4.33. The molecule has 1 N–H and O–H groups in total. The maximum Gasteiger partial charge on any atom is 0.416 e. The molecule has 0 radical (unpaired) electrons. The summed E-state index contributed by atoms with van der Waals surface area (Å²) in [6.45, 7) is 4.85. The summed E-state index contributed by atoms with van der Waals surface area (Å²) in [6.07, 6.45) is -5.28. The predicted molar refractivity (Wildman–Crippen MR) is 133 cm³/mol. The molecule has 0 saturated carbocycles. The second-order valence-corrected chi connectivity index (χ2v) is 11.8. The molecule has 3 aromatic rings. The van der Waals surface area contributed by atoms with E-state index < -0.39 is 46.1 Å². The topological polar surface area (TPSA) is 59.4 Å². The molecule has 4 atom stereocenters. The molecule has 200 valence electrons. The van der Waals surface area contributed by atoms with Crippen LogP contribution in [-0.4, -0.2) is 53.7 Å². The molecule has 0 amide bonds. The number of anilines is 1. The number of alkyl halides is 3. The Balaban J connectivity index is 1.86. The Labute approximate surface area is 212 Å². The lowest BCUT2D eigenvalue weighted by molar-refractivity contribution is -0.137. The third-order valence-electron chi connectivity index (χ3n) is 6.81. The quantitative estimate of drug-likeness (QED) is 0.381. The number of hydrogen-bond donors (Lipinski definition) is 2. The minimum atomic E-state index is -4.69. The number of hydrogen-bond acceptors (Lipinski definition) is 5. The second kappa shape index (κ2) is 9.55. The molecule has 0 bridgehead atoms. The lowest BCUT2D eigenvalue weighted by atomic mass is 10.1. The summed E-state index contributed by atoms with van der Waals surface area (Å²) in [4.78, 5) is 19.7. The Morgan fingerprint density at radius 2 is 1.76 bits per heavy atom. The zero-order valence-corrected chi connectivity index (χ0v) is 21.3. The van der Waals surface area contributed by atoms with E-state index in [0.717, 1.165) is 24.3 Å². The normalized spacial score (nSPS) is 25.4. The molecule has 0 aliphatic carbocycles. The molecule has 6 nitrogen and oxygen atoms in total. The van der Waals surface area contributed by atoms with Crippen molar-refractivity contribution in [3.8, 4) is 0 Å². The first kappa shape index (κ1) is 25.9. The van der Waals surface area contributed by atoms with Crippen LogP contribution in [0.3, 0.4) is 0 Å². The molecule has 0 spiro atoms. The molecule has 2 aliphatic rings. The lowest BCUT2D eigenvalue weighted by Crippen LogP contribution is -2.55. The Morgan fingerprint density at radius 3 is 2.38 bits per heavy atom. The van der Waals surface area contributed by atoms with Crippen LogP contribution in [0.5, 0.6) is 0 Å². The van der Waals surface area contributed by atoms with E-state index >= 15 is 4.39 Å². The molecule has 3 heterocycles. The fraction of sp³-hybridized carbons (Fsp3) is 0.440. The summed E-state index contributed by atoms with van der Waals surface area (Å²) in [5, 5.41) is 3.54. The molecule has 37 heavy (non-hydrogen) atoms. The van der Waals surface area contributed by atoms with Crippen LogP contribution < -0.4 is 15.9 Å². The average Bonchev–Trinajstić information content (AvgIpc) is 2.98. The summed E-state index contributed by atoms with van der Waals surface area (Å²) in [7, 11) is -0.351. The smallest absolute Gasteiger partial charge is 0.379 e. The molecule has 2 unspecified atom stereocenters. The van der Waals surface area contributed by atoms with Crippen LogP contribution in [0.25, 0.3) is 10.9 Å². The highest BCUT2D eigenvalue weighted by Crippen LogP contribution is 2.52. The van der Waals surface area contributed by atoms with Gasteiger partial charge in [-0.3, -0.25) is 4.57 Å². The summed E-state index contributed by atoms with van der Waals surface area (Å²) in [5.74, 6) is -1.30. The third-order valence-corrected chi connectivity index (χ3v) is 9.45. The minimum Gasteiger partial charge on any atom is -0.379 e. The fourth-order valence-corrected chi connectivity index (χ4v) is 7.99. The lowest BCUT2D eigenvalue weighted by Gasteiger charge is -2.37. The van der Waals surface area contributed by atoms with Crippen molar-refractivity contribution in [3.05, 3.63) is 58.0 Å². The van der Waals surface area contributed by atoms with Gasteiger partial charge in [0.1, 0.15) is 17.5 Å². The summed E-state index contributed by atoms with van der Waals surface area (Å²) in [5.41, 5.74) is -1.23. The molecule has 2 aromatic carbocycles. The van der Waals surface area contributed by atoms with Gasteiger partial charge in [0.15, 0.2) is 0 Å². The van der Waals surface area contributed by atoms with Crippen LogP contribution in [0.15, 0.2) is 44.9 Å². The number of ether oxygens (including phenoxy) is 1. The largest absolute Gasteiger partial charge is 0.416 e. The van der Waals surface area contributed by atoms with Crippen LogP contribution in [0, 0.1) is 11.6 Å². The highest BCUT2D eigenvalue weighted by atomic mass is 32.2. The van der Waals surface area contributed by atoms with E-state index in [-0.39, 0.29) is 50.9 Å². The Morgan fingerprint density at radius 1 is 1.05 bits per heavy atom. The van der Waals surface area contributed by atoms with Gasteiger partial charge in [-0.2, -0.15) is 29.1 Å². The summed E-state index contributed by atoms with van der Waals surface area (Å²) < 4.78 is 78.2.